The standard InChI is InChI=1S/C14H21N3O3/c1-8(2)9(3)17-13(18)7-20-14(19)12-5-11(15)6-16-10(12)4/h5-6,8-9H,7,15H2,1-4H3,(H,17,18). The summed E-state index contributed by atoms with van der Waals surface area (Å²) >= 11 is 0. The molecule has 0 radical (unpaired) electrons. The maximum atomic E-state index is 11.8. The molecule has 6 nitrogen and oxygen atoms in total. The largest absolute Gasteiger partial charge is 0.452 e. The number of amides is 1. The second-order valence-corrected chi connectivity index (χ2v) is 5.08. The van der Waals surface area contributed by atoms with Crippen LogP contribution in [0, 0.1) is 12.8 Å². The van der Waals surface area contributed by atoms with Crippen molar-refractivity contribution < 1.29 is 14.3 Å². The summed E-state index contributed by atoms with van der Waals surface area (Å²) in [6.45, 7) is 7.26. The van der Waals surface area contributed by atoms with Crippen LogP contribution >= 0.6 is 0 Å². The topological polar surface area (TPSA) is 94.3 Å². The number of nitrogens with one attached hydrogen (secondary N) is 1. The summed E-state index contributed by atoms with van der Waals surface area (Å²) in [7, 11) is 0. The highest BCUT2D eigenvalue weighted by Crippen LogP contribution is 2.10. The number of nitrogens with two attached hydrogens (primary N) is 1. The molecular weight excluding hydrogens is 258 g/mol. The Balaban J connectivity index is 2.55. The molecule has 0 saturated heterocycles. The van der Waals surface area contributed by atoms with Crippen molar-refractivity contribution in [3.05, 3.63) is 23.5 Å². The Kier molecular flexibility index (Phi) is 5.49. The number of hydrogen-bond donors (Lipinski definition) is 2. The third-order valence-corrected chi connectivity index (χ3v) is 3.05. The van der Waals surface area contributed by atoms with E-state index in [9.17, 15) is 9.59 Å². The van der Waals surface area contributed by atoms with Crippen molar-refractivity contribution in [2.45, 2.75) is 33.7 Å². The normalized spacial score (nSPS) is 12.1. The van der Waals surface area contributed by atoms with Crippen LogP contribution in [0.1, 0.15) is 36.8 Å². The van der Waals surface area contributed by atoms with Crippen molar-refractivity contribution in [1.82, 2.24) is 10.3 Å². The van der Waals surface area contributed by atoms with E-state index >= 15 is 0 Å². The molecule has 0 spiro atoms. The van der Waals surface area contributed by atoms with Gasteiger partial charge in [-0.25, -0.2) is 4.79 Å². The highest BCUT2D eigenvalue weighted by molar-refractivity contribution is 5.93. The number of anilines is 1. The lowest BCUT2D eigenvalue weighted by Gasteiger charge is -2.17. The van der Waals surface area contributed by atoms with Crippen molar-refractivity contribution >= 4 is 17.6 Å². The summed E-state index contributed by atoms with van der Waals surface area (Å²) in [5.41, 5.74) is 6.73. The van der Waals surface area contributed by atoms with Gasteiger partial charge in [-0.3, -0.25) is 9.78 Å². The Labute approximate surface area is 118 Å². The minimum absolute atomic E-state index is 0.0250. The van der Waals surface area contributed by atoms with Crippen LogP contribution in [0.25, 0.3) is 0 Å². The van der Waals surface area contributed by atoms with Crippen molar-refractivity contribution in [2.24, 2.45) is 5.92 Å². The van der Waals surface area contributed by atoms with E-state index in [-0.39, 0.29) is 24.1 Å². The van der Waals surface area contributed by atoms with Gasteiger partial charge in [0.05, 0.1) is 23.1 Å². The van der Waals surface area contributed by atoms with Gasteiger partial charge in [0.15, 0.2) is 6.61 Å². The van der Waals surface area contributed by atoms with Crippen LogP contribution in [0.4, 0.5) is 5.69 Å². The average molecular weight is 279 g/mol. The Morgan fingerprint density at radius 2 is 2.05 bits per heavy atom. The number of carbonyl (C=O) groups is 2. The van der Waals surface area contributed by atoms with Gasteiger partial charge in [0.1, 0.15) is 0 Å². The first-order chi connectivity index (χ1) is 9.31. The van der Waals surface area contributed by atoms with Gasteiger partial charge >= 0.3 is 5.97 Å². The molecule has 0 aliphatic rings. The highest BCUT2D eigenvalue weighted by Gasteiger charge is 2.15. The van der Waals surface area contributed by atoms with Crippen LogP contribution in [0.5, 0.6) is 0 Å². The number of nitrogen functional groups attached to an aromatic ring is 1. The first kappa shape index (κ1) is 15.9. The number of ether oxygens (including phenoxy) is 1. The molecule has 0 aromatic carbocycles. The Morgan fingerprint density at radius 3 is 2.65 bits per heavy atom. The molecule has 6 heteroatoms. The van der Waals surface area contributed by atoms with E-state index < -0.39 is 5.97 Å². The predicted molar refractivity (Wildman–Crippen MR) is 76.1 cm³/mol. The highest BCUT2D eigenvalue weighted by atomic mass is 16.5. The summed E-state index contributed by atoms with van der Waals surface area (Å²) < 4.78 is 4.96. The average Bonchev–Trinajstić information content (AvgIpc) is 2.38. The molecular formula is C14H21N3O3. The van der Waals surface area contributed by atoms with Gasteiger partial charge in [0, 0.05) is 6.04 Å². The lowest BCUT2D eigenvalue weighted by atomic mass is 10.1. The van der Waals surface area contributed by atoms with Crippen molar-refractivity contribution in [2.75, 3.05) is 12.3 Å². The number of rotatable bonds is 5. The number of aromatic nitrogens is 1. The number of aryl methyl sites for hydroxylation is 1. The number of nitrogens with zero attached hydrogens (tertiary/aromatic N) is 1. The zero-order chi connectivity index (χ0) is 15.3. The quantitative estimate of drug-likeness (QED) is 0.792. The third-order valence-electron chi connectivity index (χ3n) is 3.05. The van der Waals surface area contributed by atoms with Crippen molar-refractivity contribution in [1.29, 1.82) is 0 Å². The van der Waals surface area contributed by atoms with Crippen LogP contribution in [-0.4, -0.2) is 29.5 Å². The first-order valence-corrected chi connectivity index (χ1v) is 6.50. The molecule has 0 bridgehead atoms. The van der Waals surface area contributed by atoms with Crippen molar-refractivity contribution in [3.63, 3.8) is 0 Å². The molecule has 20 heavy (non-hydrogen) atoms. The monoisotopic (exact) mass is 279 g/mol. The number of pyridine rings is 1. The van der Waals surface area contributed by atoms with E-state index in [1.54, 1.807) is 6.92 Å². The molecule has 0 aliphatic carbocycles. The summed E-state index contributed by atoms with van der Waals surface area (Å²) in [4.78, 5) is 27.4. The van der Waals surface area contributed by atoms with Gasteiger partial charge in [0.25, 0.3) is 5.91 Å². The minimum atomic E-state index is -0.602. The Bertz CT molecular complexity index is 500. The van der Waals surface area contributed by atoms with Gasteiger partial charge < -0.3 is 15.8 Å². The maximum Gasteiger partial charge on any atom is 0.340 e. The molecule has 1 aromatic rings. The third kappa shape index (κ3) is 4.53. The first-order valence-electron chi connectivity index (χ1n) is 6.50. The molecule has 3 N–H and O–H groups in total. The Hall–Kier alpha value is -2.11. The zero-order valence-electron chi connectivity index (χ0n) is 12.3. The summed E-state index contributed by atoms with van der Waals surface area (Å²) in [5, 5.41) is 2.76. The molecule has 0 saturated carbocycles. The molecule has 110 valence electrons. The SMILES string of the molecule is Cc1ncc(N)cc1C(=O)OCC(=O)NC(C)C(C)C. The summed E-state index contributed by atoms with van der Waals surface area (Å²) in [6, 6.07) is 1.51. The predicted octanol–water partition coefficient (Wildman–Crippen LogP) is 1.29. The zero-order valence-corrected chi connectivity index (χ0v) is 12.3. The van der Waals surface area contributed by atoms with E-state index in [1.165, 1.54) is 12.3 Å². The number of hydrogen-bond acceptors (Lipinski definition) is 5. The maximum absolute atomic E-state index is 11.8. The second-order valence-electron chi connectivity index (χ2n) is 5.08. The van der Waals surface area contributed by atoms with Gasteiger partial charge in [-0.2, -0.15) is 0 Å². The second kappa shape index (κ2) is 6.88. The molecule has 0 fully saturated rings. The van der Waals surface area contributed by atoms with Crippen LogP contribution < -0.4 is 11.1 Å². The fraction of sp³-hybridized carbons (Fsp3) is 0.500. The van der Waals surface area contributed by atoms with E-state index in [2.05, 4.69) is 10.3 Å². The van der Waals surface area contributed by atoms with Gasteiger partial charge in [-0.15, -0.1) is 0 Å². The van der Waals surface area contributed by atoms with E-state index in [0.29, 0.717) is 17.3 Å². The van der Waals surface area contributed by atoms with Crippen molar-refractivity contribution in [3.8, 4) is 0 Å². The van der Waals surface area contributed by atoms with E-state index in [0.717, 1.165) is 0 Å². The van der Waals surface area contributed by atoms with Crippen LogP contribution in [0.2, 0.25) is 0 Å². The minimum Gasteiger partial charge on any atom is -0.452 e. The molecule has 1 atom stereocenters. The summed E-state index contributed by atoms with van der Waals surface area (Å²) in [6.07, 6.45) is 1.46. The molecule has 1 amide bonds. The fourth-order valence-corrected chi connectivity index (χ4v) is 1.43. The number of carbonyl (C=O) groups excluding carboxylic acids is 2. The fourth-order valence-electron chi connectivity index (χ4n) is 1.43. The smallest absolute Gasteiger partial charge is 0.340 e. The van der Waals surface area contributed by atoms with Gasteiger partial charge in [-0.05, 0) is 25.8 Å². The lowest BCUT2D eigenvalue weighted by Crippen LogP contribution is -2.38. The molecule has 1 rings (SSSR count). The van der Waals surface area contributed by atoms with Gasteiger partial charge in [-0.1, -0.05) is 13.8 Å². The summed E-state index contributed by atoms with van der Waals surface area (Å²) in [5.74, 6) is -0.612. The molecule has 1 unspecified atom stereocenters. The number of esters is 1. The van der Waals surface area contributed by atoms with Gasteiger partial charge in [0.2, 0.25) is 0 Å². The Morgan fingerprint density at radius 1 is 1.40 bits per heavy atom. The van der Waals surface area contributed by atoms with Crippen LogP contribution in [0.15, 0.2) is 12.3 Å². The lowest BCUT2D eigenvalue weighted by molar-refractivity contribution is -0.125. The van der Waals surface area contributed by atoms with Crippen LogP contribution in [-0.2, 0) is 9.53 Å². The van der Waals surface area contributed by atoms with E-state index in [1.807, 2.05) is 20.8 Å². The van der Waals surface area contributed by atoms with E-state index in [4.69, 9.17) is 10.5 Å². The molecule has 1 aromatic heterocycles. The molecule has 0 aliphatic heterocycles. The van der Waals surface area contributed by atoms with Crippen LogP contribution in [0.3, 0.4) is 0 Å². The molecule has 1 heterocycles.